The van der Waals surface area contributed by atoms with Crippen molar-refractivity contribution >= 4 is 10.0 Å². The highest BCUT2D eigenvalue weighted by atomic mass is 32.2. The van der Waals surface area contributed by atoms with E-state index in [-0.39, 0.29) is 0 Å². The van der Waals surface area contributed by atoms with Crippen molar-refractivity contribution in [2.24, 2.45) is 0 Å². The Morgan fingerprint density at radius 2 is 1.57 bits per heavy atom. The van der Waals surface area contributed by atoms with Crippen molar-refractivity contribution in [1.82, 2.24) is 4.72 Å². The third kappa shape index (κ3) is 3.00. The predicted octanol–water partition coefficient (Wildman–Crippen LogP) is 1.50. The zero-order valence-electron chi connectivity index (χ0n) is 6.69. The minimum atomic E-state index is -5.07. The number of hydrogen-bond donors (Lipinski definition) is 0. The summed E-state index contributed by atoms with van der Waals surface area (Å²) < 4.78 is 58.8. The molecule has 0 aliphatic carbocycles. The normalized spacial score (nSPS) is 12.8. The van der Waals surface area contributed by atoms with Gasteiger partial charge < -0.3 is 0 Å². The lowest BCUT2D eigenvalue weighted by Crippen LogP contribution is -2.30. The van der Waals surface area contributed by atoms with Gasteiger partial charge in [-0.2, -0.15) is 13.2 Å². The molecule has 0 unspecified atom stereocenters. The van der Waals surface area contributed by atoms with Crippen LogP contribution in [0, 0.1) is 0 Å². The van der Waals surface area contributed by atoms with Gasteiger partial charge in [-0.05, 0) is 16.9 Å². The van der Waals surface area contributed by atoms with E-state index < -0.39 is 21.2 Å². The third-order valence-corrected chi connectivity index (χ3v) is 2.58. The van der Waals surface area contributed by atoms with Crippen molar-refractivity contribution in [2.75, 3.05) is 0 Å². The summed E-state index contributed by atoms with van der Waals surface area (Å²) in [5.74, 6) is 0. The highest BCUT2D eigenvalue weighted by molar-refractivity contribution is 7.89. The maximum absolute atomic E-state index is 11.7. The summed E-state index contributed by atoms with van der Waals surface area (Å²) >= 11 is 0. The van der Waals surface area contributed by atoms with E-state index >= 15 is 0 Å². The maximum Gasteiger partial charge on any atom is 0.488 e. The van der Waals surface area contributed by atoms with Crippen molar-refractivity contribution in [2.45, 2.75) is 11.2 Å². The molecule has 77 valence electrons. The Morgan fingerprint density at radius 3 is 2.00 bits per heavy atom. The Bertz CT molecular complexity index is 399. The summed E-state index contributed by atoms with van der Waals surface area (Å²) in [6.07, 6.45) is -5.07. The predicted molar refractivity (Wildman–Crippen MR) is 41.8 cm³/mol. The van der Waals surface area contributed by atoms with Crippen LogP contribution in [0.4, 0.5) is 13.2 Å². The van der Waals surface area contributed by atoms with Crippen molar-refractivity contribution < 1.29 is 21.6 Å². The van der Waals surface area contributed by atoms with Crippen molar-refractivity contribution in [3.63, 3.8) is 0 Å². The van der Waals surface area contributed by atoms with Gasteiger partial charge in [0, 0.05) is 0 Å². The van der Waals surface area contributed by atoms with Gasteiger partial charge in [-0.25, -0.2) is 8.42 Å². The number of halogens is 3. The Balaban J connectivity index is 2.99. The summed E-state index contributed by atoms with van der Waals surface area (Å²) in [5, 5.41) is 0. The number of nitrogens with zero attached hydrogens (tertiary/aromatic N) is 1. The SMILES string of the molecule is O=S(=O)([N]C(F)(F)F)c1ccccc1. The zero-order chi connectivity index (χ0) is 10.8. The molecule has 0 aliphatic heterocycles. The van der Waals surface area contributed by atoms with E-state index in [1.54, 1.807) is 4.72 Å². The molecule has 1 aromatic rings. The highest BCUT2D eigenvalue weighted by Crippen LogP contribution is 2.18. The highest BCUT2D eigenvalue weighted by Gasteiger charge is 2.37. The van der Waals surface area contributed by atoms with E-state index in [0.717, 1.165) is 12.1 Å². The van der Waals surface area contributed by atoms with Crippen LogP contribution in [0.25, 0.3) is 0 Å². The van der Waals surface area contributed by atoms with Gasteiger partial charge in [0.05, 0.1) is 4.90 Å². The zero-order valence-corrected chi connectivity index (χ0v) is 7.51. The molecular weight excluding hydrogens is 219 g/mol. The van der Waals surface area contributed by atoms with Gasteiger partial charge in [0.2, 0.25) is 0 Å². The minimum absolute atomic E-state index is 0.475. The Kier molecular flexibility index (Phi) is 2.81. The fraction of sp³-hybridized carbons (Fsp3) is 0.143. The quantitative estimate of drug-likeness (QED) is 0.715. The number of rotatable bonds is 2. The van der Waals surface area contributed by atoms with E-state index in [2.05, 4.69) is 0 Å². The first kappa shape index (κ1) is 11.0. The van der Waals surface area contributed by atoms with Gasteiger partial charge in [-0.3, -0.25) is 0 Å². The largest absolute Gasteiger partial charge is 0.488 e. The molecular formula is C7H5F3NO2S. The Hall–Kier alpha value is -1.08. The van der Waals surface area contributed by atoms with Gasteiger partial charge in [-0.15, -0.1) is 0 Å². The van der Waals surface area contributed by atoms with Crippen LogP contribution in [0.15, 0.2) is 35.2 Å². The lowest BCUT2D eigenvalue weighted by atomic mass is 10.4. The first-order chi connectivity index (χ1) is 6.31. The molecule has 1 rings (SSSR count). The standard InChI is InChI=1S/C7H5F3NO2S/c8-7(9,10)11-14(12,13)6-4-2-1-3-5-6/h1-5H. The van der Waals surface area contributed by atoms with Gasteiger partial charge in [0.15, 0.2) is 0 Å². The van der Waals surface area contributed by atoms with E-state index in [1.807, 2.05) is 0 Å². The lowest BCUT2D eigenvalue weighted by Gasteiger charge is -2.06. The molecule has 0 aromatic heterocycles. The molecule has 0 aliphatic rings. The molecule has 0 atom stereocenters. The van der Waals surface area contributed by atoms with Crippen LogP contribution in [-0.4, -0.2) is 14.7 Å². The van der Waals surface area contributed by atoms with Gasteiger partial charge >= 0.3 is 6.30 Å². The number of benzene rings is 1. The summed E-state index contributed by atoms with van der Waals surface area (Å²) in [6.45, 7) is 0. The van der Waals surface area contributed by atoms with Crippen LogP contribution < -0.4 is 4.72 Å². The molecule has 0 amide bonds. The summed E-state index contributed by atoms with van der Waals surface area (Å²) in [4.78, 5) is -0.475. The van der Waals surface area contributed by atoms with Crippen LogP contribution in [0.5, 0.6) is 0 Å². The molecule has 0 saturated heterocycles. The average molecular weight is 224 g/mol. The molecule has 7 heteroatoms. The monoisotopic (exact) mass is 224 g/mol. The fourth-order valence-corrected chi connectivity index (χ4v) is 1.66. The average Bonchev–Trinajstić information content (AvgIpc) is 2.01. The van der Waals surface area contributed by atoms with Crippen molar-refractivity contribution in [3.8, 4) is 0 Å². The smallest absolute Gasteiger partial charge is 0.205 e. The van der Waals surface area contributed by atoms with Crippen LogP contribution in [0.2, 0.25) is 0 Å². The molecule has 1 radical (unpaired) electrons. The van der Waals surface area contributed by atoms with Crippen molar-refractivity contribution in [3.05, 3.63) is 30.3 Å². The van der Waals surface area contributed by atoms with Gasteiger partial charge in [-0.1, -0.05) is 18.2 Å². The molecule has 3 nitrogen and oxygen atoms in total. The topological polar surface area (TPSA) is 48.2 Å². The number of sulfonamides is 1. The fourth-order valence-electron chi connectivity index (χ4n) is 0.781. The summed E-state index contributed by atoms with van der Waals surface area (Å²) in [5.41, 5.74) is 0. The van der Waals surface area contributed by atoms with Crippen LogP contribution >= 0.6 is 0 Å². The van der Waals surface area contributed by atoms with E-state index in [9.17, 15) is 21.6 Å². The number of alkyl halides is 3. The lowest BCUT2D eigenvalue weighted by molar-refractivity contribution is -0.140. The van der Waals surface area contributed by atoms with Gasteiger partial charge in [0.25, 0.3) is 10.0 Å². The Labute approximate surface area is 78.6 Å². The molecule has 0 spiro atoms. The Morgan fingerprint density at radius 1 is 1.07 bits per heavy atom. The second-order valence-corrected chi connectivity index (χ2v) is 3.95. The summed E-state index contributed by atoms with van der Waals surface area (Å²) in [6, 6.07) is 6.22. The van der Waals surface area contributed by atoms with E-state index in [0.29, 0.717) is 0 Å². The molecule has 0 fully saturated rings. The van der Waals surface area contributed by atoms with Crippen LogP contribution in [0.3, 0.4) is 0 Å². The molecule has 0 saturated carbocycles. The minimum Gasteiger partial charge on any atom is -0.205 e. The van der Waals surface area contributed by atoms with E-state index in [4.69, 9.17) is 0 Å². The molecule has 0 bridgehead atoms. The molecule has 14 heavy (non-hydrogen) atoms. The first-order valence-electron chi connectivity index (χ1n) is 3.42. The molecule has 0 heterocycles. The number of hydrogen-bond acceptors (Lipinski definition) is 2. The van der Waals surface area contributed by atoms with E-state index in [1.165, 1.54) is 18.2 Å². The first-order valence-corrected chi connectivity index (χ1v) is 4.86. The second-order valence-electron chi connectivity index (χ2n) is 2.35. The van der Waals surface area contributed by atoms with Crippen molar-refractivity contribution in [1.29, 1.82) is 0 Å². The van der Waals surface area contributed by atoms with Gasteiger partial charge in [0.1, 0.15) is 0 Å². The van der Waals surface area contributed by atoms with Crippen LogP contribution in [0.1, 0.15) is 0 Å². The maximum atomic E-state index is 11.7. The third-order valence-electron chi connectivity index (χ3n) is 1.26. The molecule has 1 aromatic carbocycles. The molecule has 0 N–H and O–H groups in total. The van der Waals surface area contributed by atoms with Crippen LogP contribution in [-0.2, 0) is 10.0 Å². The summed E-state index contributed by atoms with van der Waals surface area (Å²) in [7, 11) is -4.62. The second kappa shape index (κ2) is 3.58.